The van der Waals surface area contributed by atoms with Crippen molar-refractivity contribution < 1.29 is 35.2 Å². The van der Waals surface area contributed by atoms with E-state index < -0.39 is 39.2 Å². The smallest absolute Gasteiger partial charge is 0.356 e. The molecule has 1 aliphatic heterocycles. The van der Waals surface area contributed by atoms with Crippen LogP contribution >= 0.6 is 0 Å². The Balaban J connectivity index is 2.04. The SMILES string of the molecule is NS(=O)(=O)c1cccc(NC(=O)c2cc(C(F)(F)C(F)(F)F)cnc2N2CCCCCC2)c1. The summed E-state index contributed by atoms with van der Waals surface area (Å²) < 4.78 is 89.7. The molecular formula is C20H21F5N4O3S. The molecule has 1 aromatic heterocycles. The van der Waals surface area contributed by atoms with Crippen molar-refractivity contribution in [2.75, 3.05) is 23.3 Å². The van der Waals surface area contributed by atoms with E-state index in [0.717, 1.165) is 31.7 Å². The monoisotopic (exact) mass is 492 g/mol. The number of anilines is 2. The predicted molar refractivity (Wildman–Crippen MR) is 111 cm³/mol. The number of rotatable bonds is 5. The normalized spacial score (nSPS) is 15.8. The van der Waals surface area contributed by atoms with Crippen molar-refractivity contribution in [3.8, 4) is 0 Å². The lowest BCUT2D eigenvalue weighted by molar-refractivity contribution is -0.289. The van der Waals surface area contributed by atoms with Crippen LogP contribution < -0.4 is 15.4 Å². The molecule has 1 aromatic carbocycles. The number of primary sulfonamides is 1. The third-order valence-corrected chi connectivity index (χ3v) is 6.07. The summed E-state index contributed by atoms with van der Waals surface area (Å²) in [4.78, 5) is 18.1. The highest BCUT2D eigenvalue weighted by molar-refractivity contribution is 7.89. The first kappa shape index (κ1) is 24.8. The zero-order valence-electron chi connectivity index (χ0n) is 17.2. The Morgan fingerprint density at radius 2 is 1.67 bits per heavy atom. The fourth-order valence-electron chi connectivity index (χ4n) is 3.44. The Morgan fingerprint density at radius 3 is 2.24 bits per heavy atom. The second kappa shape index (κ2) is 9.21. The number of sulfonamides is 1. The molecule has 0 spiro atoms. The molecule has 0 saturated carbocycles. The van der Waals surface area contributed by atoms with Crippen LogP contribution in [0.25, 0.3) is 0 Å². The first-order valence-electron chi connectivity index (χ1n) is 9.95. The number of nitrogens with two attached hydrogens (primary N) is 1. The number of nitrogens with one attached hydrogen (secondary N) is 1. The molecule has 13 heteroatoms. The number of amides is 1. The van der Waals surface area contributed by atoms with E-state index in [2.05, 4.69) is 10.3 Å². The lowest BCUT2D eigenvalue weighted by atomic mass is 10.1. The highest BCUT2D eigenvalue weighted by Crippen LogP contribution is 2.44. The Morgan fingerprint density at radius 1 is 1.03 bits per heavy atom. The van der Waals surface area contributed by atoms with Crippen molar-refractivity contribution >= 4 is 27.4 Å². The van der Waals surface area contributed by atoms with Crippen molar-refractivity contribution in [2.24, 2.45) is 5.14 Å². The van der Waals surface area contributed by atoms with Crippen LogP contribution in [0.5, 0.6) is 0 Å². The van der Waals surface area contributed by atoms with Crippen LogP contribution in [-0.2, 0) is 15.9 Å². The summed E-state index contributed by atoms with van der Waals surface area (Å²) in [5, 5.41) is 7.40. The second-order valence-electron chi connectivity index (χ2n) is 7.60. The van der Waals surface area contributed by atoms with Crippen molar-refractivity contribution in [2.45, 2.75) is 42.7 Å². The topological polar surface area (TPSA) is 105 Å². The lowest BCUT2D eigenvalue weighted by Crippen LogP contribution is -2.35. The summed E-state index contributed by atoms with van der Waals surface area (Å²) in [6, 6.07) is 5.30. The van der Waals surface area contributed by atoms with E-state index >= 15 is 0 Å². The molecule has 0 atom stereocenters. The minimum atomic E-state index is -5.88. The zero-order valence-corrected chi connectivity index (χ0v) is 18.0. The Hall–Kier alpha value is -2.80. The van der Waals surface area contributed by atoms with Crippen LogP contribution in [0.3, 0.4) is 0 Å². The van der Waals surface area contributed by atoms with E-state index in [-0.39, 0.29) is 16.4 Å². The van der Waals surface area contributed by atoms with Crippen molar-refractivity contribution in [3.05, 3.63) is 47.7 Å². The van der Waals surface area contributed by atoms with Gasteiger partial charge in [-0.2, -0.15) is 22.0 Å². The molecule has 3 rings (SSSR count). The highest BCUT2D eigenvalue weighted by atomic mass is 32.2. The van der Waals surface area contributed by atoms with Crippen LogP contribution in [0.2, 0.25) is 0 Å². The lowest BCUT2D eigenvalue weighted by Gasteiger charge is -2.26. The van der Waals surface area contributed by atoms with Crippen LogP contribution in [0, 0.1) is 0 Å². The molecule has 180 valence electrons. The maximum absolute atomic E-state index is 14.0. The van der Waals surface area contributed by atoms with Gasteiger partial charge < -0.3 is 10.2 Å². The van der Waals surface area contributed by atoms with Gasteiger partial charge in [0.05, 0.1) is 10.5 Å². The molecule has 2 aromatic rings. The summed E-state index contributed by atoms with van der Waals surface area (Å²) >= 11 is 0. The van der Waals surface area contributed by atoms with Gasteiger partial charge in [-0.1, -0.05) is 18.9 Å². The molecule has 1 amide bonds. The van der Waals surface area contributed by atoms with Gasteiger partial charge >= 0.3 is 12.1 Å². The van der Waals surface area contributed by atoms with E-state index in [9.17, 15) is 35.2 Å². The van der Waals surface area contributed by atoms with Gasteiger partial charge in [-0.3, -0.25) is 4.79 Å². The van der Waals surface area contributed by atoms with Crippen LogP contribution in [0.4, 0.5) is 33.5 Å². The van der Waals surface area contributed by atoms with Crippen LogP contribution in [0.15, 0.2) is 41.4 Å². The maximum atomic E-state index is 14.0. The largest absolute Gasteiger partial charge is 0.458 e. The zero-order chi connectivity index (χ0) is 24.4. The number of halogens is 5. The predicted octanol–water partition coefficient (Wildman–Crippen LogP) is 4.02. The van der Waals surface area contributed by atoms with Gasteiger partial charge in [0.2, 0.25) is 10.0 Å². The van der Waals surface area contributed by atoms with Gasteiger partial charge in [0.25, 0.3) is 5.91 Å². The van der Waals surface area contributed by atoms with Gasteiger partial charge in [-0.25, -0.2) is 18.5 Å². The van der Waals surface area contributed by atoms with Crippen LogP contribution in [0.1, 0.15) is 41.6 Å². The molecule has 0 bridgehead atoms. The average Bonchev–Trinajstić information content (AvgIpc) is 3.01. The molecule has 1 aliphatic rings. The highest BCUT2D eigenvalue weighted by Gasteiger charge is 2.59. The Kier molecular flexibility index (Phi) is 6.93. The van der Waals surface area contributed by atoms with Gasteiger partial charge in [0.1, 0.15) is 5.82 Å². The molecule has 33 heavy (non-hydrogen) atoms. The van der Waals surface area contributed by atoms with Crippen LogP contribution in [-0.4, -0.2) is 38.6 Å². The third-order valence-electron chi connectivity index (χ3n) is 5.16. The average molecular weight is 492 g/mol. The Bertz CT molecular complexity index is 1130. The Labute approximate surface area is 186 Å². The molecule has 2 heterocycles. The number of alkyl halides is 5. The van der Waals surface area contributed by atoms with Crippen molar-refractivity contribution in [3.63, 3.8) is 0 Å². The van der Waals surface area contributed by atoms with E-state index in [1.807, 2.05) is 0 Å². The molecule has 1 saturated heterocycles. The number of carbonyl (C=O) groups is 1. The number of hydrogen-bond donors (Lipinski definition) is 2. The number of nitrogens with zero attached hydrogens (tertiary/aromatic N) is 2. The summed E-state index contributed by atoms with van der Waals surface area (Å²) in [5.74, 6) is -6.27. The number of pyridine rings is 1. The van der Waals surface area contributed by atoms with Gasteiger partial charge in [-0.05, 0) is 37.1 Å². The van der Waals surface area contributed by atoms with Gasteiger partial charge in [0, 0.05) is 30.5 Å². The number of carbonyl (C=O) groups excluding carboxylic acids is 1. The first-order valence-corrected chi connectivity index (χ1v) is 11.5. The first-order chi connectivity index (χ1) is 15.3. The van der Waals surface area contributed by atoms with E-state index in [4.69, 9.17) is 5.14 Å². The van der Waals surface area contributed by atoms with Gasteiger partial charge in [0.15, 0.2) is 0 Å². The standard InChI is InChI=1S/C20H21F5N4O3S/c21-19(22,20(23,24)25)13-10-16(17(27-12-13)29-8-3-1-2-4-9-29)18(30)28-14-6-5-7-15(11-14)33(26,31)32/h5-7,10-12H,1-4,8-9H2,(H,28,30)(H2,26,31,32). The van der Waals surface area contributed by atoms with Crippen molar-refractivity contribution in [1.82, 2.24) is 4.98 Å². The summed E-state index contributed by atoms with van der Waals surface area (Å²) in [6.45, 7) is 0.895. The number of hydrogen-bond acceptors (Lipinski definition) is 5. The van der Waals surface area contributed by atoms with E-state index in [0.29, 0.717) is 25.4 Å². The maximum Gasteiger partial charge on any atom is 0.458 e. The molecular weight excluding hydrogens is 471 g/mol. The second-order valence-corrected chi connectivity index (χ2v) is 9.16. The van der Waals surface area contributed by atoms with Crippen molar-refractivity contribution in [1.29, 1.82) is 0 Å². The fourth-order valence-corrected chi connectivity index (χ4v) is 4.00. The molecule has 1 fully saturated rings. The summed E-state index contributed by atoms with van der Waals surface area (Å²) in [6.07, 6.45) is -2.17. The molecule has 7 nitrogen and oxygen atoms in total. The summed E-state index contributed by atoms with van der Waals surface area (Å²) in [5.41, 5.74) is -2.00. The fraction of sp³-hybridized carbons (Fsp3) is 0.400. The minimum Gasteiger partial charge on any atom is -0.356 e. The summed E-state index contributed by atoms with van der Waals surface area (Å²) in [7, 11) is -4.09. The molecule has 0 radical (unpaired) electrons. The molecule has 3 N–H and O–H groups in total. The molecule has 0 unspecified atom stereocenters. The number of aromatic nitrogens is 1. The number of benzene rings is 1. The minimum absolute atomic E-state index is 0.0290. The van der Waals surface area contributed by atoms with E-state index in [1.54, 1.807) is 4.90 Å². The van der Waals surface area contributed by atoms with Gasteiger partial charge in [-0.15, -0.1) is 0 Å². The van der Waals surface area contributed by atoms with E-state index in [1.165, 1.54) is 18.2 Å². The molecule has 0 aliphatic carbocycles. The third kappa shape index (κ3) is 5.58. The quantitative estimate of drug-likeness (QED) is 0.614.